The molecule has 0 amide bonds. The van der Waals surface area contributed by atoms with E-state index in [2.05, 4.69) is 15.5 Å². The fourth-order valence-corrected chi connectivity index (χ4v) is 1.10. The Bertz CT molecular complexity index is 427. The topological polar surface area (TPSA) is 43.6 Å². The molecule has 1 aromatic carbocycles. The minimum absolute atomic E-state index is 0.122. The van der Waals surface area contributed by atoms with Gasteiger partial charge in [-0.1, -0.05) is 12.1 Å². The number of benzene rings is 1. The van der Waals surface area contributed by atoms with E-state index in [0.717, 1.165) is 6.07 Å². The average Bonchev–Trinajstić information content (AvgIpc) is 2.66. The van der Waals surface area contributed by atoms with E-state index in [9.17, 15) is 8.78 Å². The maximum atomic E-state index is 13.1. The Morgan fingerprint density at radius 3 is 2.86 bits per heavy atom. The summed E-state index contributed by atoms with van der Waals surface area (Å²) in [5.41, 5.74) is 0.220. The minimum Gasteiger partial charge on any atom is -0.228 e. The van der Waals surface area contributed by atoms with Crippen molar-refractivity contribution in [1.29, 1.82) is 0 Å². The van der Waals surface area contributed by atoms with Crippen molar-refractivity contribution < 1.29 is 8.78 Å². The number of rotatable bonds is 2. The first-order valence-electron chi connectivity index (χ1n) is 3.91. The van der Waals surface area contributed by atoms with E-state index in [1.807, 2.05) is 0 Å². The molecule has 0 saturated carbocycles. The van der Waals surface area contributed by atoms with Gasteiger partial charge >= 0.3 is 0 Å². The van der Waals surface area contributed by atoms with Crippen LogP contribution in [0, 0.1) is 11.6 Å². The molecule has 14 heavy (non-hydrogen) atoms. The van der Waals surface area contributed by atoms with Crippen molar-refractivity contribution >= 4 is 0 Å². The Balaban J connectivity index is 2.29. The van der Waals surface area contributed by atoms with E-state index >= 15 is 0 Å². The van der Waals surface area contributed by atoms with E-state index in [1.165, 1.54) is 23.1 Å². The standard InChI is InChI=1S/C8H6F2N4/c9-7-3-1-2-6(8(7)10)4-14-5-11-12-13-14/h1-3,5H,4H2. The largest absolute Gasteiger partial charge is 0.228 e. The van der Waals surface area contributed by atoms with E-state index in [0.29, 0.717) is 0 Å². The van der Waals surface area contributed by atoms with Gasteiger partial charge in [0.15, 0.2) is 11.6 Å². The Hall–Kier alpha value is -1.85. The number of hydrogen-bond donors (Lipinski definition) is 0. The molecule has 0 spiro atoms. The van der Waals surface area contributed by atoms with Gasteiger partial charge in [0, 0.05) is 5.56 Å². The fourth-order valence-electron chi connectivity index (χ4n) is 1.10. The third kappa shape index (κ3) is 1.59. The average molecular weight is 196 g/mol. The molecule has 0 aliphatic carbocycles. The maximum Gasteiger partial charge on any atom is 0.163 e. The summed E-state index contributed by atoms with van der Waals surface area (Å²) in [6.07, 6.45) is 1.34. The summed E-state index contributed by atoms with van der Waals surface area (Å²) >= 11 is 0. The molecule has 0 unspecified atom stereocenters. The maximum absolute atomic E-state index is 13.1. The Morgan fingerprint density at radius 1 is 1.29 bits per heavy atom. The van der Waals surface area contributed by atoms with Crippen LogP contribution in [0.1, 0.15) is 5.56 Å². The Morgan fingerprint density at radius 2 is 2.14 bits per heavy atom. The van der Waals surface area contributed by atoms with Crippen LogP contribution in [0.25, 0.3) is 0 Å². The molecule has 0 bridgehead atoms. The van der Waals surface area contributed by atoms with E-state index in [4.69, 9.17) is 0 Å². The van der Waals surface area contributed by atoms with Crippen molar-refractivity contribution in [3.63, 3.8) is 0 Å². The highest BCUT2D eigenvalue weighted by molar-refractivity contribution is 5.18. The highest BCUT2D eigenvalue weighted by Gasteiger charge is 2.07. The van der Waals surface area contributed by atoms with Crippen molar-refractivity contribution in [2.75, 3.05) is 0 Å². The first-order valence-corrected chi connectivity index (χ1v) is 3.91. The quantitative estimate of drug-likeness (QED) is 0.719. The molecular weight excluding hydrogens is 190 g/mol. The van der Waals surface area contributed by atoms with Crippen molar-refractivity contribution in [3.8, 4) is 0 Å². The van der Waals surface area contributed by atoms with Crippen LogP contribution in [0.4, 0.5) is 8.78 Å². The zero-order valence-electron chi connectivity index (χ0n) is 7.06. The molecular formula is C8H6F2N4. The molecule has 0 aliphatic heterocycles. The van der Waals surface area contributed by atoms with Crippen LogP contribution in [0.3, 0.4) is 0 Å². The molecule has 1 heterocycles. The molecule has 0 fully saturated rings. The number of nitrogens with zero attached hydrogens (tertiary/aromatic N) is 4. The summed E-state index contributed by atoms with van der Waals surface area (Å²) in [7, 11) is 0. The van der Waals surface area contributed by atoms with Gasteiger partial charge in [0.2, 0.25) is 0 Å². The summed E-state index contributed by atoms with van der Waals surface area (Å²) in [6.45, 7) is 0.122. The van der Waals surface area contributed by atoms with Crippen LogP contribution in [0.15, 0.2) is 24.5 Å². The molecule has 0 atom stereocenters. The van der Waals surface area contributed by atoms with E-state index in [-0.39, 0.29) is 12.1 Å². The lowest BCUT2D eigenvalue weighted by Gasteiger charge is -2.02. The Labute approximate surface area is 78.2 Å². The molecule has 0 radical (unpaired) electrons. The van der Waals surface area contributed by atoms with E-state index < -0.39 is 11.6 Å². The van der Waals surface area contributed by atoms with Crippen LogP contribution >= 0.6 is 0 Å². The molecule has 72 valence electrons. The van der Waals surface area contributed by atoms with Gasteiger partial charge in [-0.05, 0) is 16.5 Å². The SMILES string of the molecule is Fc1cccc(Cn2cnnn2)c1F. The van der Waals surface area contributed by atoms with Crippen LogP contribution < -0.4 is 0 Å². The molecule has 0 aliphatic rings. The number of halogens is 2. The molecule has 2 aromatic rings. The van der Waals surface area contributed by atoms with Crippen molar-refractivity contribution in [2.24, 2.45) is 0 Å². The van der Waals surface area contributed by atoms with Gasteiger partial charge in [0.25, 0.3) is 0 Å². The molecule has 6 heteroatoms. The molecule has 2 rings (SSSR count). The summed E-state index contributed by atoms with van der Waals surface area (Å²) in [4.78, 5) is 0. The monoisotopic (exact) mass is 196 g/mol. The second-order valence-corrected chi connectivity index (χ2v) is 2.72. The third-order valence-electron chi connectivity index (χ3n) is 1.76. The first kappa shape index (κ1) is 8.74. The minimum atomic E-state index is -0.865. The zero-order chi connectivity index (χ0) is 9.97. The lowest BCUT2D eigenvalue weighted by atomic mass is 10.2. The highest BCUT2D eigenvalue weighted by Crippen LogP contribution is 2.11. The zero-order valence-corrected chi connectivity index (χ0v) is 7.06. The van der Waals surface area contributed by atoms with Gasteiger partial charge in [0.05, 0.1) is 6.54 Å². The van der Waals surface area contributed by atoms with Gasteiger partial charge in [-0.25, -0.2) is 13.5 Å². The summed E-state index contributed by atoms with van der Waals surface area (Å²) in [6, 6.07) is 4.00. The summed E-state index contributed by atoms with van der Waals surface area (Å²) in [5.74, 6) is -1.72. The predicted molar refractivity (Wildman–Crippen MR) is 43.3 cm³/mol. The van der Waals surface area contributed by atoms with Crippen LogP contribution in [-0.2, 0) is 6.54 Å². The number of tetrazole rings is 1. The second-order valence-electron chi connectivity index (χ2n) is 2.72. The van der Waals surface area contributed by atoms with Crippen molar-refractivity contribution in [2.45, 2.75) is 6.54 Å². The number of aromatic nitrogens is 4. The third-order valence-corrected chi connectivity index (χ3v) is 1.76. The fraction of sp³-hybridized carbons (Fsp3) is 0.125. The highest BCUT2D eigenvalue weighted by atomic mass is 19.2. The van der Waals surface area contributed by atoms with Gasteiger partial charge in [-0.3, -0.25) is 0 Å². The molecule has 4 nitrogen and oxygen atoms in total. The lowest BCUT2D eigenvalue weighted by molar-refractivity contribution is 0.490. The molecule has 0 N–H and O–H groups in total. The van der Waals surface area contributed by atoms with Crippen LogP contribution in [0.5, 0.6) is 0 Å². The normalized spacial score (nSPS) is 10.4. The van der Waals surface area contributed by atoms with Gasteiger partial charge in [-0.15, -0.1) is 5.10 Å². The smallest absolute Gasteiger partial charge is 0.163 e. The van der Waals surface area contributed by atoms with Crippen LogP contribution in [-0.4, -0.2) is 20.2 Å². The summed E-state index contributed by atoms with van der Waals surface area (Å²) in [5, 5.41) is 10.3. The van der Waals surface area contributed by atoms with Gasteiger partial charge < -0.3 is 0 Å². The predicted octanol–water partition coefficient (Wildman–Crippen LogP) is 1.000. The lowest BCUT2D eigenvalue weighted by Crippen LogP contribution is -2.03. The van der Waals surface area contributed by atoms with Gasteiger partial charge in [0.1, 0.15) is 6.33 Å². The molecule has 1 aromatic heterocycles. The summed E-state index contributed by atoms with van der Waals surface area (Å²) < 4.78 is 27.2. The van der Waals surface area contributed by atoms with Crippen molar-refractivity contribution in [1.82, 2.24) is 20.2 Å². The number of hydrogen-bond acceptors (Lipinski definition) is 3. The Kier molecular flexibility index (Phi) is 2.18. The van der Waals surface area contributed by atoms with E-state index in [1.54, 1.807) is 0 Å². The molecule has 0 saturated heterocycles. The van der Waals surface area contributed by atoms with Gasteiger partial charge in [-0.2, -0.15) is 0 Å². The van der Waals surface area contributed by atoms with Crippen LogP contribution in [0.2, 0.25) is 0 Å². The van der Waals surface area contributed by atoms with Crippen molar-refractivity contribution in [3.05, 3.63) is 41.7 Å². The second kappa shape index (κ2) is 3.49. The first-order chi connectivity index (χ1) is 6.77.